The number of aliphatic hydroxyl groups is 1. The van der Waals surface area contributed by atoms with Gasteiger partial charge in [0.25, 0.3) is 0 Å². The van der Waals surface area contributed by atoms with Crippen LogP contribution in [0.15, 0.2) is 66.7 Å². The second kappa shape index (κ2) is 18.6. The van der Waals surface area contributed by atoms with Crippen LogP contribution in [-0.4, -0.2) is 61.6 Å². The Balaban J connectivity index is 0.000000355. The molecule has 0 atom stereocenters. The normalized spacial score (nSPS) is 11.8. The van der Waals surface area contributed by atoms with E-state index in [0.717, 1.165) is 43.2 Å². The van der Waals surface area contributed by atoms with E-state index in [1.54, 1.807) is 13.2 Å². The third kappa shape index (κ3) is 10.8. The number of nitrogens with zero attached hydrogens (tertiary/aromatic N) is 2. The van der Waals surface area contributed by atoms with Gasteiger partial charge in [-0.25, -0.2) is 0 Å². The Bertz CT molecular complexity index is 1130. The van der Waals surface area contributed by atoms with Crippen LogP contribution in [-0.2, 0) is 19.4 Å². The summed E-state index contributed by atoms with van der Waals surface area (Å²) in [5, 5.41) is 18.6. The summed E-state index contributed by atoms with van der Waals surface area (Å²) in [5.74, 6) is 2.11. The first kappa shape index (κ1) is 32.6. The van der Waals surface area contributed by atoms with Crippen molar-refractivity contribution in [2.45, 2.75) is 46.1 Å². The molecule has 0 bridgehead atoms. The van der Waals surface area contributed by atoms with Gasteiger partial charge in [0, 0.05) is 31.4 Å². The topological polar surface area (TPSA) is 65.4 Å². The largest absolute Gasteiger partial charge is 0.508 e. The third-order valence-corrected chi connectivity index (χ3v) is 6.99. The first-order chi connectivity index (χ1) is 19.6. The summed E-state index contributed by atoms with van der Waals surface area (Å²) in [6.45, 7) is 9.44. The molecule has 1 aliphatic rings. The van der Waals surface area contributed by atoms with Gasteiger partial charge in [0.05, 0.1) is 13.7 Å². The van der Waals surface area contributed by atoms with E-state index in [1.165, 1.54) is 36.0 Å². The lowest BCUT2D eigenvalue weighted by atomic mass is 9.92. The number of anilines is 1. The number of aryl methyl sites for hydroxylation is 2. The van der Waals surface area contributed by atoms with E-state index in [9.17, 15) is 10.2 Å². The van der Waals surface area contributed by atoms with Gasteiger partial charge in [-0.1, -0.05) is 38.1 Å². The predicted molar refractivity (Wildman–Crippen MR) is 165 cm³/mol. The van der Waals surface area contributed by atoms with Gasteiger partial charge in [0.1, 0.15) is 23.9 Å². The molecule has 6 heteroatoms. The molecule has 0 saturated carbocycles. The van der Waals surface area contributed by atoms with Crippen molar-refractivity contribution in [2.75, 3.05) is 51.4 Å². The summed E-state index contributed by atoms with van der Waals surface area (Å²) in [4.78, 5) is 4.48. The van der Waals surface area contributed by atoms with Crippen LogP contribution in [0, 0.1) is 12.8 Å². The summed E-state index contributed by atoms with van der Waals surface area (Å²) in [6, 6.07) is 21.8. The van der Waals surface area contributed by atoms with Crippen LogP contribution >= 0.6 is 0 Å². The number of terminal acetylenes is 1. The van der Waals surface area contributed by atoms with E-state index in [0.29, 0.717) is 25.4 Å². The molecule has 0 saturated heterocycles. The third-order valence-electron chi connectivity index (χ3n) is 6.99. The van der Waals surface area contributed by atoms with Gasteiger partial charge in [0.2, 0.25) is 0 Å². The fourth-order valence-electron chi connectivity index (χ4n) is 4.69. The Labute approximate surface area is 241 Å². The first-order valence-corrected chi connectivity index (χ1v) is 14.1. The second-order valence-electron chi connectivity index (χ2n) is 9.53. The summed E-state index contributed by atoms with van der Waals surface area (Å²) < 4.78 is 11.2. The molecule has 216 valence electrons. The molecule has 40 heavy (non-hydrogen) atoms. The molecular weight excluding hydrogens is 500 g/mol. The standard InChI is InChI=1S/C22H32N2O3.C10H12O.C2H2/c1-4-23(5-2)14-16-27-21-11-9-19(10-12-21)18-24(13-15-25)20-7-6-8-22(17-20)26-3;11-10-6-5-8-3-1-2-4-9(8)7-10;1-2/h6-12,17,25H,4-5,13-16,18H2,1-3H3;5-7,11H,1-4H2;1-2H. The van der Waals surface area contributed by atoms with Gasteiger partial charge >= 0.3 is 0 Å². The highest BCUT2D eigenvalue weighted by molar-refractivity contribution is 5.51. The zero-order chi connectivity index (χ0) is 29.2. The Morgan fingerprint density at radius 1 is 0.825 bits per heavy atom. The molecule has 0 spiro atoms. The zero-order valence-electron chi connectivity index (χ0n) is 24.4. The van der Waals surface area contributed by atoms with Gasteiger partial charge in [-0.2, -0.15) is 0 Å². The Kier molecular flexibility index (Phi) is 15.1. The van der Waals surface area contributed by atoms with E-state index < -0.39 is 0 Å². The van der Waals surface area contributed by atoms with Crippen molar-refractivity contribution in [1.82, 2.24) is 4.90 Å². The maximum atomic E-state index is 9.43. The van der Waals surface area contributed by atoms with Crippen molar-refractivity contribution < 1.29 is 19.7 Å². The number of phenols is 1. The molecule has 1 aliphatic carbocycles. The number of aliphatic hydroxyl groups excluding tert-OH is 1. The maximum absolute atomic E-state index is 9.43. The number of hydrogen-bond donors (Lipinski definition) is 2. The van der Waals surface area contributed by atoms with Gasteiger partial charge < -0.3 is 29.5 Å². The predicted octanol–water partition coefficient (Wildman–Crippen LogP) is 5.94. The summed E-state index contributed by atoms with van der Waals surface area (Å²) in [5.41, 5.74) is 4.97. The number of aromatic hydroxyl groups is 1. The molecule has 0 aromatic heterocycles. The molecule has 0 amide bonds. The number of hydrogen-bond acceptors (Lipinski definition) is 6. The Hall–Kier alpha value is -3.66. The SMILES string of the molecule is C#C.CCN(CC)CCOc1ccc(CN(CCO)c2cccc(OC)c2)cc1.Oc1ccc2c(c1)CCCC2. The maximum Gasteiger partial charge on any atom is 0.120 e. The number of ether oxygens (including phenoxy) is 2. The summed E-state index contributed by atoms with van der Waals surface area (Å²) in [7, 11) is 1.66. The molecule has 2 N–H and O–H groups in total. The summed E-state index contributed by atoms with van der Waals surface area (Å²) >= 11 is 0. The minimum atomic E-state index is 0.101. The van der Waals surface area contributed by atoms with Gasteiger partial charge in [-0.3, -0.25) is 0 Å². The molecule has 3 aromatic carbocycles. The van der Waals surface area contributed by atoms with E-state index in [-0.39, 0.29) is 6.61 Å². The molecule has 0 radical (unpaired) electrons. The first-order valence-electron chi connectivity index (χ1n) is 14.1. The monoisotopic (exact) mass is 546 g/mol. The second-order valence-corrected chi connectivity index (χ2v) is 9.53. The van der Waals surface area contributed by atoms with E-state index >= 15 is 0 Å². The fraction of sp³-hybridized carbons (Fsp3) is 0.412. The highest BCUT2D eigenvalue weighted by Crippen LogP contribution is 2.25. The number of rotatable bonds is 12. The highest BCUT2D eigenvalue weighted by atomic mass is 16.5. The van der Waals surface area contributed by atoms with Crippen LogP contribution in [0.25, 0.3) is 0 Å². The quantitative estimate of drug-likeness (QED) is 0.274. The molecule has 0 fully saturated rings. The molecular formula is C34H46N2O4. The average Bonchev–Trinajstić information content (AvgIpc) is 3.01. The van der Waals surface area contributed by atoms with E-state index in [1.807, 2.05) is 48.5 Å². The van der Waals surface area contributed by atoms with Gasteiger partial charge in [-0.05, 0) is 91.9 Å². The van der Waals surface area contributed by atoms with Crippen molar-refractivity contribution in [1.29, 1.82) is 0 Å². The van der Waals surface area contributed by atoms with Gasteiger partial charge in [-0.15, -0.1) is 12.8 Å². The minimum Gasteiger partial charge on any atom is -0.508 e. The number of likely N-dealkylation sites (N-methyl/N-ethyl adjacent to an activating group) is 1. The fourth-order valence-corrected chi connectivity index (χ4v) is 4.69. The number of fused-ring (bicyclic) bond motifs is 1. The highest BCUT2D eigenvalue weighted by Gasteiger charge is 2.10. The van der Waals surface area contributed by atoms with Crippen LogP contribution in [0.5, 0.6) is 17.2 Å². The minimum absolute atomic E-state index is 0.101. The van der Waals surface area contributed by atoms with Crippen molar-refractivity contribution in [2.24, 2.45) is 0 Å². The number of methoxy groups -OCH3 is 1. The molecule has 0 unspecified atom stereocenters. The van der Waals surface area contributed by atoms with Crippen LogP contribution in [0.4, 0.5) is 5.69 Å². The van der Waals surface area contributed by atoms with Crippen LogP contribution in [0.1, 0.15) is 43.4 Å². The van der Waals surface area contributed by atoms with E-state index in [4.69, 9.17) is 9.47 Å². The van der Waals surface area contributed by atoms with Crippen molar-refractivity contribution in [3.63, 3.8) is 0 Å². The average molecular weight is 547 g/mol. The van der Waals surface area contributed by atoms with E-state index in [2.05, 4.69) is 48.6 Å². The van der Waals surface area contributed by atoms with Crippen molar-refractivity contribution in [3.8, 4) is 30.1 Å². The molecule has 6 nitrogen and oxygen atoms in total. The lowest BCUT2D eigenvalue weighted by molar-refractivity contribution is 0.223. The molecule has 3 aromatic rings. The Morgan fingerprint density at radius 3 is 2.17 bits per heavy atom. The van der Waals surface area contributed by atoms with Crippen molar-refractivity contribution in [3.05, 3.63) is 83.4 Å². The van der Waals surface area contributed by atoms with Crippen molar-refractivity contribution >= 4 is 5.69 Å². The van der Waals surface area contributed by atoms with Crippen LogP contribution < -0.4 is 14.4 Å². The van der Waals surface area contributed by atoms with Gasteiger partial charge in [0.15, 0.2) is 0 Å². The molecule has 0 aliphatic heterocycles. The zero-order valence-corrected chi connectivity index (χ0v) is 24.4. The number of phenolic OH excluding ortho intramolecular Hbond substituents is 1. The van der Waals surface area contributed by atoms with Crippen LogP contribution in [0.3, 0.4) is 0 Å². The number of benzene rings is 3. The lowest BCUT2D eigenvalue weighted by Crippen LogP contribution is -2.27. The molecule has 4 rings (SSSR count). The molecule has 0 heterocycles. The lowest BCUT2D eigenvalue weighted by Gasteiger charge is -2.24. The Morgan fingerprint density at radius 2 is 1.52 bits per heavy atom. The van der Waals surface area contributed by atoms with Crippen LogP contribution in [0.2, 0.25) is 0 Å². The summed E-state index contributed by atoms with van der Waals surface area (Å²) in [6.07, 6.45) is 12.9. The smallest absolute Gasteiger partial charge is 0.120 e.